The van der Waals surface area contributed by atoms with Gasteiger partial charge in [-0.05, 0) is 44.0 Å². The second kappa shape index (κ2) is 8.85. The number of rotatable bonds is 6. The van der Waals surface area contributed by atoms with Gasteiger partial charge in [0.2, 0.25) is 0 Å². The van der Waals surface area contributed by atoms with E-state index >= 15 is 0 Å². The molecule has 36 heavy (non-hydrogen) atoms. The molecular weight excluding hydrogens is 452 g/mol. The summed E-state index contributed by atoms with van der Waals surface area (Å²) >= 11 is 0. The van der Waals surface area contributed by atoms with Gasteiger partial charge in [0.05, 0.1) is 11.1 Å². The average molecular weight is 479 g/mol. The van der Waals surface area contributed by atoms with Crippen LogP contribution >= 0.6 is 0 Å². The quantitative estimate of drug-likeness (QED) is 0.359. The molecule has 0 atom stereocenters. The summed E-state index contributed by atoms with van der Waals surface area (Å²) in [4.78, 5) is 28.8. The summed E-state index contributed by atoms with van der Waals surface area (Å²) in [6.07, 6.45) is 0. The molecule has 5 rings (SSSR count). The van der Waals surface area contributed by atoms with Gasteiger partial charge in [0, 0.05) is 11.3 Å². The third-order valence-corrected chi connectivity index (χ3v) is 6.19. The van der Waals surface area contributed by atoms with Crippen LogP contribution in [0.15, 0.2) is 89.7 Å². The molecule has 180 valence electrons. The molecule has 5 aromatic rings. The Morgan fingerprint density at radius 3 is 2.00 bits per heavy atom. The van der Waals surface area contributed by atoms with Gasteiger partial charge in [0.1, 0.15) is 17.1 Å². The lowest BCUT2D eigenvalue weighted by Gasteiger charge is -2.22. The highest BCUT2D eigenvalue weighted by atomic mass is 16.5. The number of H-pyrrole nitrogens is 1. The van der Waals surface area contributed by atoms with Crippen molar-refractivity contribution in [2.24, 2.45) is 5.73 Å². The minimum Gasteiger partial charge on any atom is -0.478 e. The van der Waals surface area contributed by atoms with Crippen molar-refractivity contribution >= 4 is 11.6 Å². The van der Waals surface area contributed by atoms with Crippen LogP contribution in [0.2, 0.25) is 0 Å². The van der Waals surface area contributed by atoms with Gasteiger partial charge in [-0.15, -0.1) is 0 Å². The highest BCUT2D eigenvalue weighted by molar-refractivity contribution is 5.91. The number of hydrogen-bond donors (Lipinski definition) is 2. The predicted molar refractivity (Wildman–Crippen MR) is 141 cm³/mol. The van der Waals surface area contributed by atoms with E-state index in [1.54, 1.807) is 38.1 Å². The monoisotopic (exact) mass is 478 g/mol. The third-order valence-electron chi connectivity index (χ3n) is 6.19. The molecule has 0 aliphatic carbocycles. The molecule has 0 aliphatic rings. The number of nitrogens with zero attached hydrogens (tertiary/aromatic N) is 2. The summed E-state index contributed by atoms with van der Waals surface area (Å²) in [5.74, 6) is -0.0824. The smallest absolute Gasteiger partial charge is 0.282 e. The number of amides is 1. The molecule has 2 aromatic heterocycles. The van der Waals surface area contributed by atoms with Gasteiger partial charge in [-0.2, -0.15) is 9.61 Å². The fraction of sp³-hybridized carbons (Fsp3) is 0.138. The Balaban J connectivity index is 1.67. The standard InChI is InChI=1S/C29H26N4O3/c1-18-23(20-14-16-22(17-15-20)36-29(2,3)28(30)35)27(34)33-26(31-18)24(19-10-6-4-7-11-19)25(32-33)21-12-8-5-9-13-21/h4-17,31H,1-3H3,(H2,30,35). The van der Waals surface area contributed by atoms with Crippen LogP contribution in [-0.4, -0.2) is 26.1 Å². The van der Waals surface area contributed by atoms with Gasteiger partial charge in [0.25, 0.3) is 11.5 Å². The van der Waals surface area contributed by atoms with Gasteiger partial charge in [-0.25, -0.2) is 0 Å². The number of carbonyl (C=O) groups is 1. The summed E-state index contributed by atoms with van der Waals surface area (Å²) in [5, 5.41) is 4.77. The molecule has 0 spiro atoms. The molecule has 0 aliphatic heterocycles. The van der Waals surface area contributed by atoms with Crippen molar-refractivity contribution in [2.75, 3.05) is 0 Å². The highest BCUT2D eigenvalue weighted by Crippen LogP contribution is 2.35. The van der Waals surface area contributed by atoms with Gasteiger partial charge in [-0.3, -0.25) is 9.59 Å². The lowest BCUT2D eigenvalue weighted by molar-refractivity contribution is -0.130. The van der Waals surface area contributed by atoms with E-state index in [1.807, 2.05) is 67.6 Å². The molecule has 0 saturated carbocycles. The van der Waals surface area contributed by atoms with E-state index < -0.39 is 11.5 Å². The molecule has 2 heterocycles. The van der Waals surface area contributed by atoms with E-state index in [2.05, 4.69) is 4.98 Å². The molecule has 0 radical (unpaired) electrons. The van der Waals surface area contributed by atoms with Crippen LogP contribution in [0.4, 0.5) is 0 Å². The second-order valence-corrected chi connectivity index (χ2v) is 9.15. The van der Waals surface area contributed by atoms with Crippen molar-refractivity contribution in [1.29, 1.82) is 0 Å². The SMILES string of the molecule is Cc1[nH]c2c(-c3ccccc3)c(-c3ccccc3)nn2c(=O)c1-c1ccc(OC(C)(C)C(N)=O)cc1. The van der Waals surface area contributed by atoms with Crippen LogP contribution in [0.1, 0.15) is 19.5 Å². The van der Waals surface area contributed by atoms with Crippen LogP contribution in [-0.2, 0) is 4.79 Å². The molecule has 7 heteroatoms. The molecule has 0 unspecified atom stereocenters. The molecule has 0 bridgehead atoms. The summed E-state index contributed by atoms with van der Waals surface area (Å²) in [6, 6.07) is 26.8. The average Bonchev–Trinajstić information content (AvgIpc) is 3.25. The zero-order chi connectivity index (χ0) is 25.4. The Hall–Kier alpha value is -4.65. The van der Waals surface area contributed by atoms with Gasteiger partial charge in [0.15, 0.2) is 5.60 Å². The first-order valence-corrected chi connectivity index (χ1v) is 11.6. The largest absolute Gasteiger partial charge is 0.478 e. The van der Waals surface area contributed by atoms with Crippen LogP contribution < -0.4 is 16.0 Å². The van der Waals surface area contributed by atoms with E-state index in [1.165, 1.54) is 4.52 Å². The van der Waals surface area contributed by atoms with Crippen molar-refractivity contribution in [2.45, 2.75) is 26.4 Å². The molecule has 0 fully saturated rings. The number of ether oxygens (including phenoxy) is 1. The van der Waals surface area contributed by atoms with Crippen molar-refractivity contribution < 1.29 is 9.53 Å². The van der Waals surface area contributed by atoms with Crippen LogP contribution in [0.3, 0.4) is 0 Å². The van der Waals surface area contributed by atoms with Crippen molar-refractivity contribution in [3.05, 3.63) is 101 Å². The number of nitrogens with one attached hydrogen (secondary N) is 1. The van der Waals surface area contributed by atoms with E-state index in [0.717, 1.165) is 28.1 Å². The lowest BCUT2D eigenvalue weighted by Crippen LogP contribution is -2.43. The van der Waals surface area contributed by atoms with Gasteiger partial charge < -0.3 is 15.5 Å². The maximum absolute atomic E-state index is 13.8. The van der Waals surface area contributed by atoms with E-state index in [9.17, 15) is 9.59 Å². The molecule has 7 nitrogen and oxygen atoms in total. The maximum atomic E-state index is 13.8. The van der Waals surface area contributed by atoms with Crippen LogP contribution in [0.5, 0.6) is 5.75 Å². The zero-order valence-corrected chi connectivity index (χ0v) is 20.3. The second-order valence-electron chi connectivity index (χ2n) is 9.15. The fourth-order valence-corrected chi connectivity index (χ4v) is 4.24. The van der Waals surface area contributed by atoms with Crippen LogP contribution in [0, 0.1) is 6.92 Å². The Morgan fingerprint density at radius 1 is 0.861 bits per heavy atom. The predicted octanol–water partition coefficient (Wildman–Crippen LogP) is 4.97. The number of hydrogen-bond acceptors (Lipinski definition) is 4. The molecule has 1 amide bonds. The van der Waals surface area contributed by atoms with E-state index in [4.69, 9.17) is 15.6 Å². The maximum Gasteiger partial charge on any atom is 0.282 e. The first-order chi connectivity index (χ1) is 17.3. The minimum absolute atomic E-state index is 0.230. The number of carbonyl (C=O) groups excluding carboxylic acids is 1. The number of aromatic nitrogens is 3. The summed E-state index contributed by atoms with van der Waals surface area (Å²) < 4.78 is 7.16. The summed E-state index contributed by atoms with van der Waals surface area (Å²) in [6.45, 7) is 5.10. The van der Waals surface area contributed by atoms with Gasteiger partial charge in [-0.1, -0.05) is 72.8 Å². The molecule has 3 N–H and O–H groups in total. The van der Waals surface area contributed by atoms with E-state index in [-0.39, 0.29) is 5.56 Å². The number of primary amides is 1. The van der Waals surface area contributed by atoms with Crippen molar-refractivity contribution in [1.82, 2.24) is 14.6 Å². The summed E-state index contributed by atoms with van der Waals surface area (Å²) in [7, 11) is 0. The number of aromatic amines is 1. The van der Waals surface area contributed by atoms with Crippen molar-refractivity contribution in [3.63, 3.8) is 0 Å². The first kappa shape index (κ1) is 23.1. The first-order valence-electron chi connectivity index (χ1n) is 11.6. The topological polar surface area (TPSA) is 102 Å². The zero-order valence-electron chi connectivity index (χ0n) is 20.3. The van der Waals surface area contributed by atoms with Crippen LogP contribution in [0.25, 0.3) is 39.2 Å². The highest BCUT2D eigenvalue weighted by Gasteiger charge is 2.27. The number of nitrogens with two attached hydrogens (primary N) is 1. The normalized spacial score (nSPS) is 11.5. The molecular formula is C29H26N4O3. The number of aryl methyl sites for hydroxylation is 1. The minimum atomic E-state index is -1.15. The molecule has 3 aromatic carbocycles. The Labute approximate surface area is 208 Å². The Morgan fingerprint density at radius 2 is 1.42 bits per heavy atom. The van der Waals surface area contributed by atoms with E-state index in [0.29, 0.717) is 22.5 Å². The number of benzene rings is 3. The van der Waals surface area contributed by atoms with Gasteiger partial charge >= 0.3 is 0 Å². The fourth-order valence-electron chi connectivity index (χ4n) is 4.24. The molecule has 0 saturated heterocycles. The Bertz CT molecular complexity index is 1620. The van der Waals surface area contributed by atoms with Crippen molar-refractivity contribution in [3.8, 4) is 39.3 Å². The Kier molecular flexibility index (Phi) is 5.68. The number of fused-ring (bicyclic) bond motifs is 1. The third kappa shape index (κ3) is 4.05. The lowest BCUT2D eigenvalue weighted by atomic mass is 10.0. The summed E-state index contributed by atoms with van der Waals surface area (Å²) in [5.41, 5.74) is 10.1.